The number of rotatable bonds is 4. The van der Waals surface area contributed by atoms with Crippen LogP contribution in [0.5, 0.6) is 0 Å². The van der Waals surface area contributed by atoms with Crippen LogP contribution in [0.1, 0.15) is 51.7 Å². The molecule has 2 aromatic carbocycles. The number of nitrogens with zero attached hydrogens (tertiary/aromatic N) is 4. The molecule has 0 bridgehead atoms. The van der Waals surface area contributed by atoms with Crippen LogP contribution in [0.15, 0.2) is 48.6 Å². The maximum atomic E-state index is 14.8. The van der Waals surface area contributed by atoms with Crippen molar-refractivity contribution in [1.29, 1.82) is 0 Å². The minimum Gasteiger partial charge on any atom is -0.579 e. The fourth-order valence-electron chi connectivity index (χ4n) is 4.86. The quantitative estimate of drug-likeness (QED) is 0.213. The van der Waals surface area contributed by atoms with Gasteiger partial charge >= 0.3 is 21.7 Å². The van der Waals surface area contributed by atoms with Crippen LogP contribution >= 0.6 is 0 Å². The Morgan fingerprint density at radius 2 is 1.28 bits per heavy atom. The molecule has 6 rings (SSSR count). The minimum absolute atomic E-state index is 0. The Hall–Kier alpha value is -2.65. The Morgan fingerprint density at radius 1 is 0.718 bits per heavy atom. The SMILES string of the molecule is CC1(C)C[N-]N1c1c(F)[c-]c(F)c(C2=CC=CC2)c1C1=CC=CC1.CC1(C)C[N-]N1c1ccc(F)[c-]c1F.[Ti+4]. The fourth-order valence-corrected chi connectivity index (χ4v) is 4.86. The van der Waals surface area contributed by atoms with Gasteiger partial charge in [0.2, 0.25) is 0 Å². The molecule has 200 valence electrons. The van der Waals surface area contributed by atoms with Crippen molar-refractivity contribution in [2.75, 3.05) is 23.1 Å². The molecule has 0 unspecified atom stereocenters. The summed E-state index contributed by atoms with van der Waals surface area (Å²) in [4.78, 5) is 0. The van der Waals surface area contributed by atoms with E-state index in [1.54, 1.807) is 10.0 Å². The third-order valence-corrected chi connectivity index (χ3v) is 6.94. The molecule has 2 heterocycles. The molecule has 4 nitrogen and oxygen atoms in total. The smallest absolute Gasteiger partial charge is 0.579 e. The first-order valence-electron chi connectivity index (χ1n) is 12.5. The van der Waals surface area contributed by atoms with E-state index >= 15 is 0 Å². The van der Waals surface area contributed by atoms with Gasteiger partial charge in [-0.3, -0.25) is 0 Å². The molecule has 0 atom stereocenters. The number of anilines is 2. The van der Waals surface area contributed by atoms with Crippen LogP contribution < -0.4 is 10.0 Å². The molecule has 2 aliphatic heterocycles. The van der Waals surface area contributed by atoms with Crippen molar-refractivity contribution >= 4 is 22.5 Å². The molecule has 39 heavy (non-hydrogen) atoms. The zero-order chi connectivity index (χ0) is 27.2. The summed E-state index contributed by atoms with van der Waals surface area (Å²) in [6, 6.07) is 6.84. The van der Waals surface area contributed by atoms with Crippen LogP contribution in [0.4, 0.5) is 28.9 Å². The molecular formula is C30H28F4N4Ti. The molecule has 0 saturated carbocycles. The maximum Gasteiger partial charge on any atom is 4.00 e. The fraction of sp³-hybridized carbons (Fsp3) is 0.333. The van der Waals surface area contributed by atoms with E-state index in [4.69, 9.17) is 0 Å². The second kappa shape index (κ2) is 11.1. The molecule has 0 radical (unpaired) electrons. The summed E-state index contributed by atoms with van der Waals surface area (Å²) in [6.07, 6.45) is 12.9. The van der Waals surface area contributed by atoms with Crippen molar-refractivity contribution in [3.05, 3.63) is 106 Å². The van der Waals surface area contributed by atoms with E-state index in [2.05, 4.69) is 16.9 Å². The summed E-state index contributed by atoms with van der Waals surface area (Å²) in [5.41, 5.74) is 11.4. The average molecular weight is 568 g/mol. The normalized spacial score (nSPS) is 19.9. The molecule has 0 spiro atoms. The molecule has 9 heteroatoms. The summed E-state index contributed by atoms with van der Waals surface area (Å²) in [5.74, 6) is -2.69. The predicted molar refractivity (Wildman–Crippen MR) is 143 cm³/mol. The Bertz CT molecular complexity index is 1390. The van der Waals surface area contributed by atoms with Gasteiger partial charge in [0.1, 0.15) is 0 Å². The van der Waals surface area contributed by atoms with Gasteiger partial charge in [0, 0.05) is 23.3 Å². The van der Waals surface area contributed by atoms with Crippen LogP contribution in [0.3, 0.4) is 0 Å². The first-order chi connectivity index (χ1) is 18.0. The van der Waals surface area contributed by atoms with Crippen molar-refractivity contribution in [2.45, 2.75) is 51.6 Å². The van der Waals surface area contributed by atoms with Gasteiger partial charge in [0.25, 0.3) is 0 Å². The zero-order valence-electron chi connectivity index (χ0n) is 22.2. The van der Waals surface area contributed by atoms with Gasteiger partial charge in [-0.2, -0.15) is 0 Å². The van der Waals surface area contributed by atoms with E-state index in [-0.39, 0.29) is 38.5 Å². The van der Waals surface area contributed by atoms with Gasteiger partial charge in [-0.25, -0.2) is 17.6 Å². The van der Waals surface area contributed by atoms with Crippen molar-refractivity contribution in [1.82, 2.24) is 0 Å². The van der Waals surface area contributed by atoms with Crippen molar-refractivity contribution in [2.24, 2.45) is 0 Å². The van der Waals surface area contributed by atoms with Crippen molar-refractivity contribution in [3.8, 4) is 0 Å². The summed E-state index contributed by atoms with van der Waals surface area (Å²) in [6.45, 7) is 9.18. The molecule has 2 aliphatic carbocycles. The topological polar surface area (TPSA) is 34.7 Å². The Labute approximate surface area is 242 Å². The molecule has 0 aromatic heterocycles. The van der Waals surface area contributed by atoms with Crippen LogP contribution in [0, 0.1) is 35.4 Å². The van der Waals surface area contributed by atoms with Gasteiger partial charge in [0.15, 0.2) is 0 Å². The van der Waals surface area contributed by atoms with Gasteiger partial charge in [-0.05, 0) is 57.3 Å². The Balaban J connectivity index is 0.000000202. The number of hydrogen-bond donors (Lipinski definition) is 0. The summed E-state index contributed by atoms with van der Waals surface area (Å²) in [5, 5.41) is 3.23. The number of hydrogen-bond acceptors (Lipinski definition) is 2. The van der Waals surface area contributed by atoms with Gasteiger partial charge in [-0.15, -0.1) is 37.4 Å². The second-order valence-corrected chi connectivity index (χ2v) is 10.9. The van der Waals surface area contributed by atoms with E-state index in [9.17, 15) is 17.6 Å². The monoisotopic (exact) mass is 568 g/mol. The minimum atomic E-state index is -0.693. The molecular weight excluding hydrogens is 540 g/mol. The zero-order valence-corrected chi connectivity index (χ0v) is 23.8. The third kappa shape index (κ3) is 5.53. The van der Waals surface area contributed by atoms with E-state index in [1.165, 1.54) is 12.1 Å². The predicted octanol–water partition coefficient (Wildman–Crippen LogP) is 7.99. The van der Waals surface area contributed by atoms with E-state index in [0.717, 1.165) is 11.1 Å². The third-order valence-electron chi connectivity index (χ3n) is 6.94. The van der Waals surface area contributed by atoms with Crippen LogP contribution in [0.2, 0.25) is 0 Å². The average Bonchev–Trinajstić information content (AvgIpc) is 3.56. The van der Waals surface area contributed by atoms with E-state index < -0.39 is 23.3 Å². The number of allylic oxidation sites excluding steroid dienone is 8. The summed E-state index contributed by atoms with van der Waals surface area (Å²) >= 11 is 0. The molecule has 2 aromatic rings. The first kappa shape index (κ1) is 29.3. The standard InChI is InChI=1S/C20H18F2N2.C10H10F2N2.Ti/c1-20(2)12-23-24(20)19-16(22)11-15(21)17(13-7-3-4-8-13)18(19)14-9-5-6-10-14;1-10(2)6-13-14(10)9-4-3-7(11)5-8(9)12;/h3-7,9H,8,10,12H2,1-2H3;3-4H,6H2,1-2H3;/q2*-2;+4. The van der Waals surface area contributed by atoms with Gasteiger partial charge in [0.05, 0.1) is 0 Å². The molecule has 0 amide bonds. The van der Waals surface area contributed by atoms with Gasteiger partial charge < -0.3 is 20.9 Å². The van der Waals surface area contributed by atoms with E-state index in [1.807, 2.05) is 70.2 Å². The van der Waals surface area contributed by atoms with Crippen LogP contribution in [0.25, 0.3) is 22.0 Å². The largest absolute Gasteiger partial charge is 4.00 e. The second-order valence-electron chi connectivity index (χ2n) is 10.9. The van der Waals surface area contributed by atoms with Crippen molar-refractivity contribution in [3.63, 3.8) is 0 Å². The Kier molecular flexibility index (Phi) is 8.34. The summed E-state index contributed by atoms with van der Waals surface area (Å²) in [7, 11) is 0. The molecule has 2 saturated heterocycles. The molecule has 0 N–H and O–H groups in total. The first-order valence-corrected chi connectivity index (χ1v) is 12.5. The number of halogens is 4. The Morgan fingerprint density at radius 3 is 1.72 bits per heavy atom. The maximum absolute atomic E-state index is 14.8. The van der Waals surface area contributed by atoms with E-state index in [0.29, 0.717) is 42.7 Å². The number of benzene rings is 2. The molecule has 4 aliphatic rings. The van der Waals surface area contributed by atoms with Crippen LogP contribution in [-0.2, 0) is 21.7 Å². The summed E-state index contributed by atoms with van der Waals surface area (Å²) < 4.78 is 55.3. The van der Waals surface area contributed by atoms with Crippen LogP contribution in [-0.4, -0.2) is 24.2 Å². The molecule has 2 fully saturated rings. The van der Waals surface area contributed by atoms with Crippen molar-refractivity contribution < 1.29 is 39.3 Å². The van der Waals surface area contributed by atoms with Gasteiger partial charge in [-0.1, -0.05) is 64.4 Å².